The molecule has 24 heavy (non-hydrogen) atoms. The summed E-state index contributed by atoms with van der Waals surface area (Å²) in [5.74, 6) is 0. The molecule has 0 bridgehead atoms. The maximum Gasteiger partial charge on any atom is 0.410 e. The Balaban J connectivity index is 1.26. The molecule has 6 nitrogen and oxygen atoms in total. The van der Waals surface area contributed by atoms with Crippen molar-refractivity contribution in [1.29, 1.82) is 0 Å². The molecule has 4 aliphatic rings. The standard InChI is InChI=1S/C18H30N2O4/c1-16(2,3)24-15(21)19-6-4-18(5-7-19)8-14(9-23-18)20-10-17(11-20)12-22-13-17/h14H,4-13H2,1-3H3. The average molecular weight is 338 g/mol. The zero-order valence-electron chi connectivity index (χ0n) is 15.2. The van der Waals surface area contributed by atoms with E-state index in [-0.39, 0.29) is 11.7 Å². The molecule has 0 aromatic heterocycles. The Bertz CT molecular complexity index is 496. The molecular formula is C18H30N2O4. The van der Waals surface area contributed by atoms with Crippen molar-refractivity contribution in [2.24, 2.45) is 5.41 Å². The molecule has 4 fully saturated rings. The number of carbonyl (C=O) groups excluding carboxylic acids is 1. The minimum absolute atomic E-state index is 0.0257. The first-order valence-corrected chi connectivity index (χ1v) is 9.22. The summed E-state index contributed by atoms with van der Waals surface area (Å²) in [6.07, 6.45) is 2.75. The molecule has 4 rings (SSSR count). The lowest BCUT2D eigenvalue weighted by Crippen LogP contribution is -2.68. The molecular weight excluding hydrogens is 308 g/mol. The van der Waals surface area contributed by atoms with Gasteiger partial charge in [-0.2, -0.15) is 0 Å². The molecule has 1 amide bonds. The van der Waals surface area contributed by atoms with Crippen LogP contribution in [0.3, 0.4) is 0 Å². The minimum atomic E-state index is -0.431. The first-order valence-electron chi connectivity index (χ1n) is 9.22. The van der Waals surface area contributed by atoms with Crippen LogP contribution in [0.1, 0.15) is 40.0 Å². The van der Waals surface area contributed by atoms with Gasteiger partial charge in [-0.25, -0.2) is 4.79 Å². The van der Waals surface area contributed by atoms with E-state index in [0.29, 0.717) is 11.5 Å². The summed E-state index contributed by atoms with van der Waals surface area (Å²) in [6.45, 7) is 12.3. The molecule has 0 N–H and O–H groups in total. The van der Waals surface area contributed by atoms with E-state index in [1.54, 1.807) is 0 Å². The second-order valence-corrected chi connectivity index (χ2v) is 9.22. The number of hydrogen-bond acceptors (Lipinski definition) is 5. The van der Waals surface area contributed by atoms with Gasteiger partial charge in [0.05, 0.1) is 25.4 Å². The number of carbonyl (C=O) groups is 1. The molecule has 1 atom stereocenters. The third-order valence-corrected chi connectivity index (χ3v) is 5.93. The highest BCUT2D eigenvalue weighted by Gasteiger charge is 2.54. The van der Waals surface area contributed by atoms with Gasteiger partial charge in [0.1, 0.15) is 5.60 Å². The molecule has 1 unspecified atom stereocenters. The third kappa shape index (κ3) is 3.04. The predicted octanol–water partition coefficient (Wildman–Crippen LogP) is 1.88. The largest absolute Gasteiger partial charge is 0.444 e. The lowest BCUT2D eigenvalue weighted by molar-refractivity contribution is -0.197. The van der Waals surface area contributed by atoms with E-state index in [0.717, 1.165) is 52.2 Å². The van der Waals surface area contributed by atoms with Crippen molar-refractivity contribution >= 4 is 6.09 Å². The second kappa shape index (κ2) is 5.58. The van der Waals surface area contributed by atoms with Crippen molar-refractivity contribution in [3.63, 3.8) is 0 Å². The molecule has 6 heteroatoms. The van der Waals surface area contributed by atoms with Crippen LogP contribution in [0.5, 0.6) is 0 Å². The molecule has 4 aliphatic heterocycles. The predicted molar refractivity (Wildman–Crippen MR) is 89.0 cm³/mol. The van der Waals surface area contributed by atoms with Crippen molar-refractivity contribution in [3.8, 4) is 0 Å². The molecule has 0 saturated carbocycles. The Kier molecular flexibility index (Phi) is 3.86. The van der Waals surface area contributed by atoms with Crippen molar-refractivity contribution < 1.29 is 19.0 Å². The fourth-order valence-electron chi connectivity index (χ4n) is 4.47. The van der Waals surface area contributed by atoms with Crippen LogP contribution in [-0.4, -0.2) is 79.1 Å². The van der Waals surface area contributed by atoms with Crippen LogP contribution < -0.4 is 0 Å². The first-order chi connectivity index (χ1) is 11.3. The summed E-state index contributed by atoms with van der Waals surface area (Å²) < 4.78 is 17.1. The van der Waals surface area contributed by atoms with Crippen LogP contribution >= 0.6 is 0 Å². The summed E-state index contributed by atoms with van der Waals surface area (Å²) in [5, 5.41) is 0. The minimum Gasteiger partial charge on any atom is -0.444 e. The maximum atomic E-state index is 12.2. The van der Waals surface area contributed by atoms with Crippen LogP contribution in [0.25, 0.3) is 0 Å². The molecule has 0 aliphatic carbocycles. The third-order valence-electron chi connectivity index (χ3n) is 5.93. The first kappa shape index (κ1) is 16.6. The Morgan fingerprint density at radius 2 is 1.83 bits per heavy atom. The number of hydrogen-bond donors (Lipinski definition) is 0. The van der Waals surface area contributed by atoms with E-state index < -0.39 is 5.60 Å². The van der Waals surface area contributed by atoms with Gasteiger partial charge in [0.15, 0.2) is 0 Å². The average Bonchev–Trinajstić information content (AvgIpc) is 2.78. The van der Waals surface area contributed by atoms with Gasteiger partial charge in [0, 0.05) is 37.6 Å². The highest BCUT2D eigenvalue weighted by molar-refractivity contribution is 5.68. The second-order valence-electron chi connectivity index (χ2n) is 9.22. The van der Waals surface area contributed by atoms with E-state index in [4.69, 9.17) is 14.2 Å². The Morgan fingerprint density at radius 1 is 1.17 bits per heavy atom. The van der Waals surface area contributed by atoms with Crippen LogP contribution in [0, 0.1) is 5.41 Å². The molecule has 0 aromatic carbocycles. The number of ether oxygens (including phenoxy) is 3. The fraction of sp³-hybridized carbons (Fsp3) is 0.944. The van der Waals surface area contributed by atoms with Gasteiger partial charge in [0.25, 0.3) is 0 Å². The van der Waals surface area contributed by atoms with Gasteiger partial charge in [-0.3, -0.25) is 4.90 Å². The van der Waals surface area contributed by atoms with Gasteiger partial charge in [-0.1, -0.05) is 0 Å². The zero-order chi connectivity index (χ0) is 17.0. The number of amides is 1. The maximum absolute atomic E-state index is 12.2. The fourth-order valence-corrected chi connectivity index (χ4v) is 4.47. The SMILES string of the molecule is CC(C)(C)OC(=O)N1CCC2(CC1)CC(N1CC3(COC3)C1)CO2. The van der Waals surface area contributed by atoms with E-state index in [1.165, 1.54) is 13.1 Å². The zero-order valence-corrected chi connectivity index (χ0v) is 15.2. The normalized spacial score (nSPS) is 31.8. The summed E-state index contributed by atoms with van der Waals surface area (Å²) in [7, 11) is 0. The van der Waals surface area contributed by atoms with Crippen LogP contribution in [0.15, 0.2) is 0 Å². The van der Waals surface area contributed by atoms with E-state index >= 15 is 0 Å². The molecule has 4 heterocycles. The Hall–Kier alpha value is -0.850. The van der Waals surface area contributed by atoms with E-state index in [2.05, 4.69) is 4.90 Å². The van der Waals surface area contributed by atoms with Crippen molar-refractivity contribution in [2.75, 3.05) is 46.0 Å². The van der Waals surface area contributed by atoms with Gasteiger partial charge in [-0.05, 0) is 40.0 Å². The summed E-state index contributed by atoms with van der Waals surface area (Å²) >= 11 is 0. The van der Waals surface area contributed by atoms with Gasteiger partial charge in [-0.15, -0.1) is 0 Å². The molecule has 0 radical (unpaired) electrons. The molecule has 2 spiro atoms. The topological polar surface area (TPSA) is 51.2 Å². The number of nitrogens with zero attached hydrogens (tertiary/aromatic N) is 2. The lowest BCUT2D eigenvalue weighted by Gasteiger charge is -2.57. The summed E-state index contributed by atoms with van der Waals surface area (Å²) in [6, 6.07) is 0.546. The smallest absolute Gasteiger partial charge is 0.410 e. The lowest BCUT2D eigenvalue weighted by atomic mass is 9.76. The van der Waals surface area contributed by atoms with E-state index in [9.17, 15) is 4.79 Å². The Labute approximate surface area is 144 Å². The number of piperidine rings is 1. The van der Waals surface area contributed by atoms with Crippen LogP contribution in [0.4, 0.5) is 4.79 Å². The highest BCUT2D eigenvalue weighted by atomic mass is 16.6. The quantitative estimate of drug-likeness (QED) is 0.731. The molecule has 136 valence electrons. The van der Waals surface area contributed by atoms with Crippen molar-refractivity contribution in [3.05, 3.63) is 0 Å². The van der Waals surface area contributed by atoms with Gasteiger partial charge in [0.2, 0.25) is 0 Å². The molecule has 0 aromatic rings. The van der Waals surface area contributed by atoms with Crippen LogP contribution in [0.2, 0.25) is 0 Å². The highest BCUT2D eigenvalue weighted by Crippen LogP contribution is 2.44. The Morgan fingerprint density at radius 3 is 2.38 bits per heavy atom. The number of rotatable bonds is 1. The van der Waals surface area contributed by atoms with Gasteiger partial charge < -0.3 is 19.1 Å². The summed E-state index contributed by atoms with van der Waals surface area (Å²) in [5.41, 5.74) is 0.0117. The van der Waals surface area contributed by atoms with Crippen molar-refractivity contribution in [2.45, 2.75) is 57.3 Å². The number of likely N-dealkylation sites (tertiary alicyclic amines) is 2. The molecule has 4 saturated heterocycles. The van der Waals surface area contributed by atoms with Gasteiger partial charge >= 0.3 is 6.09 Å². The van der Waals surface area contributed by atoms with E-state index in [1.807, 2.05) is 25.7 Å². The monoisotopic (exact) mass is 338 g/mol. The van der Waals surface area contributed by atoms with Crippen LogP contribution in [-0.2, 0) is 14.2 Å². The summed E-state index contributed by atoms with van der Waals surface area (Å²) in [4.78, 5) is 16.6. The van der Waals surface area contributed by atoms with Crippen molar-refractivity contribution in [1.82, 2.24) is 9.80 Å².